The maximum Gasteiger partial charge on any atom is 0.306 e. The molecule has 1 aromatic carbocycles. The van der Waals surface area contributed by atoms with Gasteiger partial charge in [0.2, 0.25) is 17.7 Å². The average molecular weight is 745 g/mol. The normalized spacial score (nSPS) is 26.6. The Labute approximate surface area is 299 Å². The van der Waals surface area contributed by atoms with Crippen LogP contribution in [0, 0.1) is 17.3 Å². The molecular formula is C38H54BrN3O7. The maximum atomic E-state index is 14.9. The van der Waals surface area contributed by atoms with Crippen molar-refractivity contribution in [3.63, 3.8) is 0 Å². The lowest BCUT2D eigenvalue weighted by molar-refractivity contribution is -0.153. The molecule has 2 N–H and O–H groups in total. The number of ether oxygens (including phenoxy) is 2. The van der Waals surface area contributed by atoms with E-state index in [2.05, 4.69) is 55.2 Å². The van der Waals surface area contributed by atoms with E-state index in [4.69, 9.17) is 9.47 Å². The number of carbonyl (C=O) groups excluding carboxylic acids is 4. The van der Waals surface area contributed by atoms with Gasteiger partial charge >= 0.3 is 5.97 Å². The number of aliphatic hydroxyl groups is 1. The number of halogens is 1. The van der Waals surface area contributed by atoms with Gasteiger partial charge in [-0.1, -0.05) is 79.2 Å². The minimum absolute atomic E-state index is 0.0392. The van der Waals surface area contributed by atoms with E-state index >= 15 is 0 Å². The van der Waals surface area contributed by atoms with Crippen molar-refractivity contribution in [3.8, 4) is 0 Å². The lowest BCUT2D eigenvalue weighted by Crippen LogP contribution is -2.61. The van der Waals surface area contributed by atoms with Crippen molar-refractivity contribution in [3.05, 3.63) is 61.2 Å². The third-order valence-electron chi connectivity index (χ3n) is 9.89. The Morgan fingerprint density at radius 1 is 1.16 bits per heavy atom. The number of esters is 1. The van der Waals surface area contributed by atoms with Crippen LogP contribution in [0.1, 0.15) is 84.7 Å². The molecule has 3 aliphatic heterocycles. The maximum absolute atomic E-state index is 14.9. The lowest BCUT2D eigenvalue weighted by atomic mass is 9.70. The zero-order valence-electron chi connectivity index (χ0n) is 29.7. The van der Waals surface area contributed by atoms with Gasteiger partial charge in [0.25, 0.3) is 0 Å². The average Bonchev–Trinajstić information content (AvgIpc) is 3.63. The van der Waals surface area contributed by atoms with Crippen molar-refractivity contribution in [2.24, 2.45) is 17.3 Å². The molecule has 0 saturated carbocycles. The first-order chi connectivity index (χ1) is 23.1. The van der Waals surface area contributed by atoms with Crippen LogP contribution in [-0.2, 0) is 28.7 Å². The summed E-state index contributed by atoms with van der Waals surface area (Å²) >= 11 is 3.76. The highest BCUT2D eigenvalue weighted by atomic mass is 79.9. The fraction of sp³-hybridized carbons (Fsp3) is 0.632. The summed E-state index contributed by atoms with van der Waals surface area (Å²) in [5, 5.41) is 12.6. The second kappa shape index (κ2) is 15.9. The monoisotopic (exact) mass is 743 g/mol. The first-order valence-electron chi connectivity index (χ1n) is 17.4. The highest BCUT2D eigenvalue weighted by Crippen LogP contribution is 2.60. The van der Waals surface area contributed by atoms with Gasteiger partial charge in [-0.25, -0.2) is 0 Å². The van der Waals surface area contributed by atoms with E-state index in [0.717, 1.165) is 5.56 Å². The van der Waals surface area contributed by atoms with E-state index in [9.17, 15) is 24.3 Å². The number of nitrogens with one attached hydrogen (secondary N) is 1. The molecule has 1 spiro atoms. The standard InChI is InChI=1S/C38H54BrN3O7/c1-8-10-18-28(44)48-23-27(25-16-12-11-13-17-25)40-33(45)29-30-34(46)41(20-14-15-21-43)32(38(30)22-26(39)31(29)49-38)35(47)42(19-9-2)37(6,7)24-36(3,4)5/h8-9,11-13,16-17,26-27,29-32,43H,1-2,10,14-15,18-24H2,3-7H3,(H,40,45)/t26?,27-,29-,30+,31-,32-,38+/m1/s1. The number of amides is 3. The zero-order chi connectivity index (χ0) is 36.1. The van der Waals surface area contributed by atoms with Crippen molar-refractivity contribution >= 4 is 39.6 Å². The Balaban J connectivity index is 1.70. The highest BCUT2D eigenvalue weighted by Gasteiger charge is 2.76. The molecule has 3 fully saturated rings. The molecule has 11 heteroatoms. The van der Waals surface area contributed by atoms with Crippen LogP contribution >= 0.6 is 15.9 Å². The molecule has 3 amide bonds. The summed E-state index contributed by atoms with van der Waals surface area (Å²) in [4.78, 5) is 59.4. The molecule has 0 aromatic heterocycles. The number of aliphatic hydroxyl groups excluding tert-OH is 1. The second-order valence-corrected chi connectivity index (χ2v) is 16.6. The molecule has 4 rings (SSSR count). The van der Waals surface area contributed by atoms with Crippen molar-refractivity contribution < 1.29 is 33.8 Å². The van der Waals surface area contributed by atoms with E-state index in [-0.39, 0.29) is 54.8 Å². The van der Waals surface area contributed by atoms with Gasteiger partial charge < -0.3 is 29.7 Å². The van der Waals surface area contributed by atoms with Crippen molar-refractivity contribution in [1.82, 2.24) is 15.1 Å². The number of nitrogens with zero attached hydrogens (tertiary/aromatic N) is 2. The number of hydrogen-bond acceptors (Lipinski definition) is 7. The third kappa shape index (κ3) is 8.31. The number of rotatable bonds is 17. The molecule has 7 atom stereocenters. The third-order valence-corrected chi connectivity index (χ3v) is 10.7. The predicted molar refractivity (Wildman–Crippen MR) is 192 cm³/mol. The molecule has 10 nitrogen and oxygen atoms in total. The van der Waals surface area contributed by atoms with E-state index in [1.807, 2.05) is 44.2 Å². The van der Waals surface area contributed by atoms with Gasteiger partial charge in [0.05, 0.1) is 24.0 Å². The molecule has 3 heterocycles. The van der Waals surface area contributed by atoms with Crippen LogP contribution in [0.3, 0.4) is 0 Å². The van der Waals surface area contributed by atoms with Gasteiger partial charge in [-0.05, 0) is 56.9 Å². The highest BCUT2D eigenvalue weighted by molar-refractivity contribution is 9.09. The number of likely N-dealkylation sites (tertiary alicyclic amines) is 1. The molecule has 2 bridgehead atoms. The van der Waals surface area contributed by atoms with Crippen LogP contribution < -0.4 is 5.32 Å². The quantitative estimate of drug-likeness (QED) is 0.0985. The summed E-state index contributed by atoms with van der Waals surface area (Å²) in [6, 6.07) is 7.62. The molecule has 1 unspecified atom stereocenters. The summed E-state index contributed by atoms with van der Waals surface area (Å²) in [6.07, 6.45) is 5.41. The molecule has 49 heavy (non-hydrogen) atoms. The fourth-order valence-corrected chi connectivity index (χ4v) is 9.23. The van der Waals surface area contributed by atoms with Crippen LogP contribution in [0.15, 0.2) is 55.6 Å². The SMILES string of the molecule is C=CCCC(=O)OC[C@@H](NC(=O)[C@H]1[C@@H]2O[C@@]3(CC2Br)[C@@H]1C(=O)N(CCCCO)[C@@H]3C(=O)N(CC=C)C(C)(C)CC(C)(C)C)c1ccccc1. The van der Waals surface area contributed by atoms with Crippen molar-refractivity contribution in [1.29, 1.82) is 0 Å². The Morgan fingerprint density at radius 3 is 2.47 bits per heavy atom. The smallest absolute Gasteiger partial charge is 0.306 e. The number of hydrogen-bond donors (Lipinski definition) is 2. The van der Waals surface area contributed by atoms with Gasteiger partial charge in [0, 0.05) is 36.5 Å². The number of allylic oxidation sites excluding steroid dienone is 1. The Kier molecular flexibility index (Phi) is 12.6. The van der Waals surface area contributed by atoms with Gasteiger partial charge in [-0.2, -0.15) is 0 Å². The first kappa shape index (κ1) is 38.8. The minimum Gasteiger partial charge on any atom is -0.463 e. The molecular weight excluding hydrogens is 690 g/mol. The van der Waals surface area contributed by atoms with E-state index in [1.165, 1.54) is 0 Å². The summed E-state index contributed by atoms with van der Waals surface area (Å²) in [5.74, 6) is -3.10. The van der Waals surface area contributed by atoms with E-state index in [1.54, 1.807) is 22.0 Å². The topological polar surface area (TPSA) is 125 Å². The summed E-state index contributed by atoms with van der Waals surface area (Å²) < 4.78 is 12.3. The number of carbonyl (C=O) groups is 4. The fourth-order valence-electron chi connectivity index (χ4n) is 8.29. The van der Waals surface area contributed by atoms with Gasteiger partial charge in [0.15, 0.2) is 0 Å². The summed E-state index contributed by atoms with van der Waals surface area (Å²) in [6.45, 7) is 18.5. The molecule has 270 valence electrons. The summed E-state index contributed by atoms with van der Waals surface area (Å²) in [7, 11) is 0. The van der Waals surface area contributed by atoms with Gasteiger partial charge in [-0.15, -0.1) is 13.2 Å². The first-order valence-corrected chi connectivity index (χ1v) is 18.3. The van der Waals surface area contributed by atoms with Crippen LogP contribution in [-0.4, -0.2) is 93.0 Å². The minimum atomic E-state index is -1.23. The van der Waals surface area contributed by atoms with Crippen LogP contribution in [0.25, 0.3) is 0 Å². The van der Waals surface area contributed by atoms with Crippen LogP contribution in [0.5, 0.6) is 0 Å². The van der Waals surface area contributed by atoms with E-state index in [0.29, 0.717) is 32.1 Å². The summed E-state index contributed by atoms with van der Waals surface area (Å²) in [5.41, 5.74) is -1.15. The Hall–Kier alpha value is -3.02. The predicted octanol–water partition coefficient (Wildman–Crippen LogP) is 5.10. The lowest BCUT2D eigenvalue weighted by Gasteiger charge is -2.45. The van der Waals surface area contributed by atoms with Gasteiger partial charge in [-0.3, -0.25) is 19.2 Å². The molecule has 0 aliphatic carbocycles. The van der Waals surface area contributed by atoms with Crippen LogP contribution in [0.4, 0.5) is 0 Å². The number of benzene rings is 1. The second-order valence-electron chi connectivity index (χ2n) is 15.4. The zero-order valence-corrected chi connectivity index (χ0v) is 31.2. The van der Waals surface area contributed by atoms with Gasteiger partial charge in [0.1, 0.15) is 18.2 Å². The van der Waals surface area contributed by atoms with Crippen molar-refractivity contribution in [2.75, 3.05) is 26.3 Å². The molecule has 3 saturated heterocycles. The van der Waals surface area contributed by atoms with Crippen LogP contribution in [0.2, 0.25) is 0 Å². The number of unbranched alkanes of at least 4 members (excludes halogenated alkanes) is 1. The van der Waals surface area contributed by atoms with E-state index < -0.39 is 53.0 Å². The molecule has 1 aromatic rings. The molecule has 0 radical (unpaired) electrons. The number of fused-ring (bicyclic) bond motifs is 1. The van der Waals surface area contributed by atoms with Crippen molar-refractivity contribution in [2.45, 2.75) is 107 Å². The Bertz CT molecular complexity index is 1380. The Morgan fingerprint density at radius 2 is 1.86 bits per heavy atom. The molecule has 3 aliphatic rings. The largest absolute Gasteiger partial charge is 0.463 e. The number of alkyl halides is 1.